The van der Waals surface area contributed by atoms with Gasteiger partial charge in [0.1, 0.15) is 0 Å². The van der Waals surface area contributed by atoms with Crippen molar-refractivity contribution in [2.45, 2.75) is 20.3 Å². The molecule has 0 atom stereocenters. The van der Waals surface area contributed by atoms with E-state index in [0.717, 1.165) is 35.7 Å². The zero-order valence-electron chi connectivity index (χ0n) is 14.8. The van der Waals surface area contributed by atoms with Crippen LogP contribution in [0.5, 0.6) is 0 Å². The van der Waals surface area contributed by atoms with Gasteiger partial charge in [-0.25, -0.2) is 0 Å². The van der Waals surface area contributed by atoms with Crippen LogP contribution in [0, 0.1) is 13.8 Å². The third-order valence-corrected chi connectivity index (χ3v) is 4.97. The number of thioether (sulfide) groups is 1. The van der Waals surface area contributed by atoms with E-state index in [1.54, 1.807) is 11.8 Å². The van der Waals surface area contributed by atoms with E-state index in [4.69, 9.17) is 0 Å². The zero-order chi connectivity index (χ0) is 17.5. The van der Waals surface area contributed by atoms with E-state index in [0.29, 0.717) is 26.1 Å². The summed E-state index contributed by atoms with van der Waals surface area (Å²) in [6.45, 7) is 7.31. The van der Waals surface area contributed by atoms with Crippen molar-refractivity contribution in [3.05, 3.63) is 29.3 Å². The number of hydrogen-bond acceptors (Lipinski definition) is 4. The van der Waals surface area contributed by atoms with E-state index in [1.807, 2.05) is 43.2 Å². The summed E-state index contributed by atoms with van der Waals surface area (Å²) in [6.07, 6.45) is 2.62. The second-order valence-electron chi connectivity index (χ2n) is 6.21. The Labute approximate surface area is 148 Å². The molecule has 1 aliphatic heterocycles. The lowest BCUT2D eigenvalue weighted by Crippen LogP contribution is -2.50. The highest BCUT2D eigenvalue weighted by Gasteiger charge is 2.22. The fourth-order valence-electron chi connectivity index (χ4n) is 2.90. The Morgan fingerprint density at radius 3 is 2.33 bits per heavy atom. The molecule has 2 rings (SSSR count). The number of amides is 2. The first kappa shape index (κ1) is 18.8. The standard InChI is InChI=1S/C18H27N3O2S/c1-14-5-4-6-15(2)18(14)19-16(22)13-20-8-10-21(11-9-20)17(23)7-12-24-3/h4-6H,7-13H2,1-3H3,(H,19,22). The third-order valence-electron chi connectivity index (χ3n) is 4.36. The van der Waals surface area contributed by atoms with Gasteiger partial charge < -0.3 is 10.2 Å². The summed E-state index contributed by atoms with van der Waals surface area (Å²) >= 11 is 1.70. The Morgan fingerprint density at radius 1 is 1.12 bits per heavy atom. The lowest BCUT2D eigenvalue weighted by atomic mass is 10.1. The molecule has 1 aromatic carbocycles. The van der Waals surface area contributed by atoms with Crippen LogP contribution in [0.4, 0.5) is 5.69 Å². The first-order valence-corrected chi connectivity index (χ1v) is 9.75. The smallest absolute Gasteiger partial charge is 0.238 e. The molecule has 1 aliphatic rings. The Morgan fingerprint density at radius 2 is 1.75 bits per heavy atom. The lowest BCUT2D eigenvalue weighted by molar-refractivity contribution is -0.132. The highest BCUT2D eigenvalue weighted by molar-refractivity contribution is 7.98. The van der Waals surface area contributed by atoms with Crippen LogP contribution in [0.2, 0.25) is 0 Å². The van der Waals surface area contributed by atoms with Gasteiger partial charge in [0.25, 0.3) is 0 Å². The Bertz CT molecular complexity index is 563. The molecule has 0 aromatic heterocycles. The van der Waals surface area contributed by atoms with Crippen molar-refractivity contribution in [1.29, 1.82) is 0 Å². The van der Waals surface area contributed by atoms with Crippen LogP contribution in [0.25, 0.3) is 0 Å². The molecule has 1 heterocycles. The maximum atomic E-state index is 12.3. The summed E-state index contributed by atoms with van der Waals surface area (Å²) in [4.78, 5) is 28.3. The summed E-state index contributed by atoms with van der Waals surface area (Å²) in [5.41, 5.74) is 3.06. The molecule has 132 valence electrons. The number of nitrogens with zero attached hydrogens (tertiary/aromatic N) is 2. The minimum absolute atomic E-state index is 0.00885. The van der Waals surface area contributed by atoms with Crippen LogP contribution in [-0.4, -0.2) is 66.3 Å². The largest absolute Gasteiger partial charge is 0.340 e. The first-order chi connectivity index (χ1) is 11.5. The molecule has 0 aliphatic carbocycles. The van der Waals surface area contributed by atoms with Gasteiger partial charge in [0.05, 0.1) is 6.54 Å². The number of carbonyl (C=O) groups excluding carboxylic acids is 2. The van der Waals surface area contributed by atoms with Crippen molar-refractivity contribution in [2.24, 2.45) is 0 Å². The van der Waals surface area contributed by atoms with E-state index in [1.165, 1.54) is 0 Å². The SMILES string of the molecule is CSCCC(=O)N1CCN(CC(=O)Nc2c(C)cccc2C)CC1. The van der Waals surface area contributed by atoms with Gasteiger partial charge in [0.15, 0.2) is 0 Å². The molecule has 1 saturated heterocycles. The first-order valence-electron chi connectivity index (χ1n) is 8.36. The highest BCUT2D eigenvalue weighted by atomic mass is 32.2. The quantitative estimate of drug-likeness (QED) is 0.855. The van der Waals surface area contributed by atoms with Gasteiger partial charge in [0.2, 0.25) is 11.8 Å². The molecule has 1 N–H and O–H groups in total. The summed E-state index contributed by atoms with van der Waals surface area (Å²) in [5, 5.41) is 3.02. The van der Waals surface area contributed by atoms with Gasteiger partial charge in [-0.2, -0.15) is 11.8 Å². The molecule has 0 saturated carbocycles. The third kappa shape index (κ3) is 5.24. The number of hydrogen-bond donors (Lipinski definition) is 1. The molecular weight excluding hydrogens is 322 g/mol. The van der Waals surface area contributed by atoms with E-state index in [-0.39, 0.29) is 11.8 Å². The topological polar surface area (TPSA) is 52.7 Å². The van der Waals surface area contributed by atoms with Gasteiger partial charge in [-0.3, -0.25) is 14.5 Å². The molecule has 6 heteroatoms. The average molecular weight is 350 g/mol. The molecule has 0 bridgehead atoms. The predicted octanol–water partition coefficient (Wildman–Crippen LogP) is 2.14. The van der Waals surface area contributed by atoms with Crippen LogP contribution >= 0.6 is 11.8 Å². The number of para-hydroxylation sites is 1. The second-order valence-corrected chi connectivity index (χ2v) is 7.20. The molecule has 24 heavy (non-hydrogen) atoms. The van der Waals surface area contributed by atoms with Crippen molar-refractivity contribution in [2.75, 3.05) is 50.0 Å². The maximum absolute atomic E-state index is 12.3. The monoisotopic (exact) mass is 349 g/mol. The normalized spacial score (nSPS) is 15.4. The summed E-state index contributed by atoms with van der Waals surface area (Å²) in [5.74, 6) is 1.11. The molecule has 1 aromatic rings. The van der Waals surface area contributed by atoms with Crippen molar-refractivity contribution in [3.63, 3.8) is 0 Å². The summed E-state index contributed by atoms with van der Waals surface area (Å²) < 4.78 is 0. The van der Waals surface area contributed by atoms with Crippen LogP contribution in [0.15, 0.2) is 18.2 Å². The minimum Gasteiger partial charge on any atom is -0.340 e. The van der Waals surface area contributed by atoms with Crippen LogP contribution < -0.4 is 5.32 Å². The van der Waals surface area contributed by atoms with Crippen molar-refractivity contribution in [3.8, 4) is 0 Å². The van der Waals surface area contributed by atoms with Crippen LogP contribution in [-0.2, 0) is 9.59 Å². The van der Waals surface area contributed by atoms with Crippen LogP contribution in [0.3, 0.4) is 0 Å². The van der Waals surface area contributed by atoms with Crippen molar-refractivity contribution in [1.82, 2.24) is 9.80 Å². The van der Waals surface area contributed by atoms with E-state index in [2.05, 4.69) is 10.2 Å². The molecule has 0 spiro atoms. The Kier molecular flexibility index (Phi) is 7.12. The number of nitrogens with one attached hydrogen (secondary N) is 1. The van der Waals surface area contributed by atoms with Gasteiger partial charge >= 0.3 is 0 Å². The minimum atomic E-state index is 0.00885. The zero-order valence-corrected chi connectivity index (χ0v) is 15.6. The number of piperazine rings is 1. The highest BCUT2D eigenvalue weighted by Crippen LogP contribution is 2.19. The number of aryl methyl sites for hydroxylation is 2. The van der Waals surface area contributed by atoms with E-state index in [9.17, 15) is 9.59 Å². The summed E-state index contributed by atoms with van der Waals surface area (Å²) in [7, 11) is 0. The second kappa shape index (κ2) is 9.08. The van der Waals surface area contributed by atoms with Gasteiger partial charge in [0, 0.05) is 44.0 Å². The predicted molar refractivity (Wildman–Crippen MR) is 101 cm³/mol. The molecule has 0 radical (unpaired) electrons. The molecule has 5 nitrogen and oxygen atoms in total. The van der Waals surface area contributed by atoms with Gasteiger partial charge in [-0.15, -0.1) is 0 Å². The fourth-order valence-corrected chi connectivity index (χ4v) is 3.28. The van der Waals surface area contributed by atoms with Crippen molar-refractivity contribution < 1.29 is 9.59 Å². The number of benzene rings is 1. The number of rotatable bonds is 6. The molecule has 1 fully saturated rings. The molecule has 0 unspecified atom stereocenters. The lowest BCUT2D eigenvalue weighted by Gasteiger charge is -2.34. The van der Waals surface area contributed by atoms with E-state index < -0.39 is 0 Å². The summed E-state index contributed by atoms with van der Waals surface area (Å²) in [6, 6.07) is 6.00. The average Bonchev–Trinajstić information content (AvgIpc) is 2.57. The number of anilines is 1. The fraction of sp³-hybridized carbons (Fsp3) is 0.556. The Hall–Kier alpha value is -1.53. The van der Waals surface area contributed by atoms with Gasteiger partial charge in [-0.1, -0.05) is 18.2 Å². The van der Waals surface area contributed by atoms with E-state index >= 15 is 0 Å². The van der Waals surface area contributed by atoms with Gasteiger partial charge in [-0.05, 0) is 31.2 Å². The van der Waals surface area contributed by atoms with Crippen LogP contribution in [0.1, 0.15) is 17.5 Å². The molecular formula is C18H27N3O2S. The van der Waals surface area contributed by atoms with Crippen molar-refractivity contribution >= 4 is 29.3 Å². The molecule has 2 amide bonds. The maximum Gasteiger partial charge on any atom is 0.238 e. The Balaban J connectivity index is 1.79. The number of carbonyl (C=O) groups is 2.